The molecular weight excluding hydrogens is 385 g/mol. The Kier molecular flexibility index (Phi) is 7.33. The van der Waals surface area contributed by atoms with Gasteiger partial charge in [-0.1, -0.05) is 23.2 Å². The molecule has 7 heteroatoms. The number of carbonyl (C=O) groups excluding carboxylic acids is 1. The smallest absolute Gasteiger partial charge is 0.222 e. The van der Waals surface area contributed by atoms with Gasteiger partial charge < -0.3 is 9.64 Å². The van der Waals surface area contributed by atoms with Gasteiger partial charge in [-0.15, -0.1) is 0 Å². The van der Waals surface area contributed by atoms with Gasteiger partial charge in [-0.05, 0) is 42.3 Å². The van der Waals surface area contributed by atoms with Crippen LogP contribution in [-0.2, 0) is 11.3 Å². The zero-order valence-corrected chi connectivity index (χ0v) is 16.6. The van der Waals surface area contributed by atoms with Crippen molar-refractivity contribution in [3.8, 4) is 5.75 Å². The molecule has 5 nitrogen and oxygen atoms in total. The van der Waals surface area contributed by atoms with Gasteiger partial charge in [0.25, 0.3) is 0 Å². The van der Waals surface area contributed by atoms with Crippen LogP contribution in [0, 0.1) is 0 Å². The number of halogens is 2. The Morgan fingerprint density at radius 2 is 1.81 bits per heavy atom. The molecular formula is C20H23Cl2N3O2. The summed E-state index contributed by atoms with van der Waals surface area (Å²) < 4.78 is 5.64. The maximum Gasteiger partial charge on any atom is 0.222 e. The molecule has 1 aliphatic heterocycles. The molecule has 1 aliphatic rings. The van der Waals surface area contributed by atoms with Crippen LogP contribution in [0.15, 0.2) is 42.7 Å². The van der Waals surface area contributed by atoms with Crippen molar-refractivity contribution in [3.05, 3.63) is 58.3 Å². The number of hydrogen-bond acceptors (Lipinski definition) is 4. The first-order valence-electron chi connectivity index (χ1n) is 9.09. The number of ether oxygens (including phenoxy) is 1. The highest BCUT2D eigenvalue weighted by Crippen LogP contribution is 2.27. The average molecular weight is 408 g/mol. The SMILES string of the molecule is O=C(CCCOc1ccc(Cl)cc1Cl)N1CCN(Cc2ccncc2)CC1. The van der Waals surface area contributed by atoms with Gasteiger partial charge in [0.15, 0.2) is 0 Å². The van der Waals surface area contributed by atoms with E-state index in [0.29, 0.717) is 35.2 Å². The zero-order valence-electron chi connectivity index (χ0n) is 15.1. The molecule has 1 amide bonds. The molecule has 0 N–H and O–H groups in total. The van der Waals surface area contributed by atoms with Crippen LogP contribution < -0.4 is 4.74 Å². The summed E-state index contributed by atoms with van der Waals surface area (Å²) in [5.74, 6) is 0.780. The van der Waals surface area contributed by atoms with Gasteiger partial charge in [-0.2, -0.15) is 0 Å². The number of pyridine rings is 1. The van der Waals surface area contributed by atoms with Crippen molar-refractivity contribution in [2.24, 2.45) is 0 Å². The maximum atomic E-state index is 12.4. The standard InChI is InChI=1S/C20H23Cl2N3O2/c21-17-3-4-19(18(22)14-17)27-13-1-2-20(26)25-11-9-24(10-12-25)15-16-5-7-23-8-6-16/h3-8,14H,1-2,9-13,15H2. The number of hydrogen-bond donors (Lipinski definition) is 0. The lowest BCUT2D eigenvalue weighted by molar-refractivity contribution is -0.133. The molecule has 144 valence electrons. The molecule has 2 heterocycles. The fraction of sp³-hybridized carbons (Fsp3) is 0.400. The molecule has 1 fully saturated rings. The first kappa shape index (κ1) is 19.9. The number of benzene rings is 1. The molecule has 0 radical (unpaired) electrons. The second kappa shape index (κ2) is 9.93. The summed E-state index contributed by atoms with van der Waals surface area (Å²) in [7, 11) is 0. The zero-order chi connectivity index (χ0) is 19.1. The second-order valence-corrected chi connectivity index (χ2v) is 7.38. The van der Waals surface area contributed by atoms with Gasteiger partial charge in [0.1, 0.15) is 5.75 Å². The van der Waals surface area contributed by atoms with Gasteiger partial charge in [0, 0.05) is 56.6 Å². The molecule has 0 aliphatic carbocycles. The van der Waals surface area contributed by atoms with E-state index >= 15 is 0 Å². The van der Waals surface area contributed by atoms with Gasteiger partial charge in [0.2, 0.25) is 5.91 Å². The second-order valence-electron chi connectivity index (χ2n) is 6.54. The van der Waals surface area contributed by atoms with E-state index in [9.17, 15) is 4.79 Å². The minimum absolute atomic E-state index is 0.185. The van der Waals surface area contributed by atoms with E-state index in [-0.39, 0.29) is 5.91 Å². The molecule has 0 saturated carbocycles. The third-order valence-corrected chi connectivity index (χ3v) is 5.10. The Morgan fingerprint density at radius 1 is 1.07 bits per heavy atom. The van der Waals surface area contributed by atoms with Crippen LogP contribution in [0.1, 0.15) is 18.4 Å². The van der Waals surface area contributed by atoms with Crippen molar-refractivity contribution >= 4 is 29.1 Å². The number of nitrogens with zero attached hydrogens (tertiary/aromatic N) is 3. The molecule has 0 spiro atoms. The highest BCUT2D eigenvalue weighted by atomic mass is 35.5. The van der Waals surface area contributed by atoms with Gasteiger partial charge >= 0.3 is 0 Å². The van der Waals surface area contributed by atoms with Gasteiger partial charge in [-0.3, -0.25) is 14.7 Å². The molecule has 1 saturated heterocycles. The summed E-state index contributed by atoms with van der Waals surface area (Å²) >= 11 is 11.9. The largest absolute Gasteiger partial charge is 0.492 e. The lowest BCUT2D eigenvalue weighted by atomic mass is 10.2. The van der Waals surface area contributed by atoms with Crippen molar-refractivity contribution in [1.29, 1.82) is 0 Å². The normalized spacial score (nSPS) is 15.0. The van der Waals surface area contributed by atoms with Crippen LogP contribution in [0.2, 0.25) is 10.0 Å². The van der Waals surface area contributed by atoms with Crippen molar-refractivity contribution in [1.82, 2.24) is 14.8 Å². The number of amides is 1. The fourth-order valence-electron chi connectivity index (χ4n) is 3.06. The Balaban J connectivity index is 1.34. The highest BCUT2D eigenvalue weighted by molar-refractivity contribution is 6.35. The van der Waals surface area contributed by atoms with Crippen LogP contribution in [0.4, 0.5) is 0 Å². The van der Waals surface area contributed by atoms with E-state index in [1.807, 2.05) is 29.4 Å². The van der Waals surface area contributed by atoms with E-state index in [2.05, 4.69) is 9.88 Å². The van der Waals surface area contributed by atoms with Crippen molar-refractivity contribution in [2.75, 3.05) is 32.8 Å². The maximum absolute atomic E-state index is 12.4. The third kappa shape index (κ3) is 6.09. The minimum Gasteiger partial charge on any atom is -0.492 e. The average Bonchev–Trinajstić information content (AvgIpc) is 2.68. The Morgan fingerprint density at radius 3 is 2.52 bits per heavy atom. The van der Waals surface area contributed by atoms with Crippen molar-refractivity contribution in [2.45, 2.75) is 19.4 Å². The summed E-state index contributed by atoms with van der Waals surface area (Å²) in [6.45, 7) is 4.69. The van der Waals surface area contributed by atoms with Crippen LogP contribution in [0.25, 0.3) is 0 Å². The lowest BCUT2D eigenvalue weighted by Crippen LogP contribution is -2.48. The number of rotatable bonds is 7. The summed E-state index contributed by atoms with van der Waals surface area (Å²) in [4.78, 5) is 20.7. The Bertz CT molecular complexity index is 750. The quantitative estimate of drug-likeness (QED) is 0.653. The van der Waals surface area contributed by atoms with Crippen molar-refractivity contribution < 1.29 is 9.53 Å². The molecule has 1 aromatic carbocycles. The summed E-state index contributed by atoms with van der Waals surface area (Å²) in [5.41, 5.74) is 1.25. The number of piperazine rings is 1. The van der Waals surface area contributed by atoms with E-state index in [4.69, 9.17) is 27.9 Å². The Labute approximate surface area is 169 Å². The minimum atomic E-state index is 0.185. The molecule has 3 rings (SSSR count). The summed E-state index contributed by atoms with van der Waals surface area (Å²) in [6, 6.07) is 9.19. The molecule has 2 aromatic rings. The molecule has 0 atom stereocenters. The Hall–Kier alpha value is -1.82. The van der Waals surface area contributed by atoms with Crippen LogP contribution >= 0.6 is 23.2 Å². The fourth-order valence-corrected chi connectivity index (χ4v) is 3.52. The van der Waals surface area contributed by atoms with E-state index in [1.165, 1.54) is 5.56 Å². The molecule has 0 unspecified atom stereocenters. The lowest BCUT2D eigenvalue weighted by Gasteiger charge is -2.34. The first-order chi connectivity index (χ1) is 13.1. The van der Waals surface area contributed by atoms with Gasteiger partial charge in [-0.25, -0.2) is 0 Å². The predicted octanol–water partition coefficient (Wildman–Crippen LogP) is 3.89. The first-order valence-corrected chi connectivity index (χ1v) is 9.84. The highest BCUT2D eigenvalue weighted by Gasteiger charge is 2.20. The van der Waals surface area contributed by atoms with Crippen LogP contribution in [-0.4, -0.2) is 53.5 Å². The molecule has 0 bridgehead atoms. The number of carbonyl (C=O) groups is 1. The van der Waals surface area contributed by atoms with E-state index in [1.54, 1.807) is 18.2 Å². The number of aromatic nitrogens is 1. The van der Waals surface area contributed by atoms with Crippen LogP contribution in [0.3, 0.4) is 0 Å². The topological polar surface area (TPSA) is 45.7 Å². The summed E-state index contributed by atoms with van der Waals surface area (Å²) in [5, 5.41) is 1.06. The molecule has 27 heavy (non-hydrogen) atoms. The van der Waals surface area contributed by atoms with Crippen molar-refractivity contribution in [3.63, 3.8) is 0 Å². The predicted molar refractivity (Wildman–Crippen MR) is 107 cm³/mol. The molecule has 1 aromatic heterocycles. The monoisotopic (exact) mass is 407 g/mol. The van der Waals surface area contributed by atoms with Crippen LogP contribution in [0.5, 0.6) is 5.75 Å². The van der Waals surface area contributed by atoms with E-state index in [0.717, 1.165) is 32.7 Å². The van der Waals surface area contributed by atoms with E-state index < -0.39 is 0 Å². The summed E-state index contributed by atoms with van der Waals surface area (Å²) in [6.07, 6.45) is 4.77. The van der Waals surface area contributed by atoms with Gasteiger partial charge in [0.05, 0.1) is 11.6 Å². The third-order valence-electron chi connectivity index (χ3n) is 4.57.